The molecule has 1 unspecified atom stereocenters. The smallest absolute Gasteiger partial charge is 0.0382 e. The van der Waals surface area contributed by atoms with Gasteiger partial charge in [-0.25, -0.2) is 0 Å². The van der Waals surface area contributed by atoms with Crippen LogP contribution in [0.4, 0.5) is 0 Å². The highest BCUT2D eigenvalue weighted by atomic mass is 15.0. The second kappa shape index (κ2) is 5.02. The molecule has 2 nitrogen and oxygen atoms in total. The van der Waals surface area contributed by atoms with Crippen LogP contribution in [0.2, 0.25) is 0 Å². The first-order valence-corrected chi connectivity index (χ1v) is 7.32. The fraction of sp³-hybridized carbons (Fsp3) is 0.389. The number of nitrogens with zero attached hydrogens (tertiary/aromatic N) is 1. The Kier molecular flexibility index (Phi) is 3.35. The molecule has 1 N–H and O–H groups in total. The third-order valence-corrected chi connectivity index (χ3v) is 4.39. The van der Waals surface area contributed by atoms with Crippen LogP contribution in [0.25, 0.3) is 0 Å². The Morgan fingerprint density at radius 3 is 2.75 bits per heavy atom. The van der Waals surface area contributed by atoms with Crippen molar-refractivity contribution in [3.8, 4) is 0 Å². The molecule has 1 aliphatic rings. The maximum absolute atomic E-state index is 4.22. The predicted octanol–water partition coefficient (Wildman–Crippen LogP) is 4.06. The first kappa shape index (κ1) is 13.3. The van der Waals surface area contributed by atoms with Gasteiger partial charge < -0.3 is 5.32 Å². The fourth-order valence-corrected chi connectivity index (χ4v) is 3.28. The molecule has 3 rings (SSSR count). The zero-order valence-electron chi connectivity index (χ0n) is 12.4. The van der Waals surface area contributed by atoms with Gasteiger partial charge in [0.25, 0.3) is 0 Å². The van der Waals surface area contributed by atoms with Crippen LogP contribution in [-0.2, 0) is 6.42 Å². The Balaban J connectivity index is 1.86. The molecule has 2 aromatic rings. The van der Waals surface area contributed by atoms with Crippen molar-refractivity contribution in [1.82, 2.24) is 10.3 Å². The lowest BCUT2D eigenvalue weighted by atomic mass is 9.84. The summed E-state index contributed by atoms with van der Waals surface area (Å²) in [6, 6.07) is 13.6. The third kappa shape index (κ3) is 2.36. The van der Waals surface area contributed by atoms with Crippen molar-refractivity contribution in [1.29, 1.82) is 0 Å². The highest BCUT2D eigenvalue weighted by Crippen LogP contribution is 2.45. The molecule has 0 fully saturated rings. The maximum Gasteiger partial charge on any atom is 0.0382 e. The summed E-state index contributed by atoms with van der Waals surface area (Å²) in [6.45, 7) is 6.91. The topological polar surface area (TPSA) is 24.9 Å². The number of aromatic nitrogens is 1. The second-order valence-electron chi connectivity index (χ2n) is 6.47. The molecule has 2 atom stereocenters. The number of pyridine rings is 1. The number of hydrogen-bond donors (Lipinski definition) is 1. The summed E-state index contributed by atoms with van der Waals surface area (Å²) in [5.74, 6) is 0. The molecular formula is C18H22N2. The summed E-state index contributed by atoms with van der Waals surface area (Å²) >= 11 is 0. The molecule has 20 heavy (non-hydrogen) atoms. The van der Waals surface area contributed by atoms with Crippen molar-refractivity contribution in [3.05, 3.63) is 65.5 Å². The van der Waals surface area contributed by atoms with Crippen molar-refractivity contribution < 1.29 is 0 Å². The minimum atomic E-state index is 0.250. The predicted molar refractivity (Wildman–Crippen MR) is 82.5 cm³/mol. The van der Waals surface area contributed by atoms with E-state index in [9.17, 15) is 0 Å². The van der Waals surface area contributed by atoms with E-state index in [0.29, 0.717) is 12.1 Å². The molecule has 0 radical (unpaired) electrons. The van der Waals surface area contributed by atoms with Crippen molar-refractivity contribution in [2.24, 2.45) is 5.41 Å². The Bertz CT molecular complexity index is 589. The lowest BCUT2D eigenvalue weighted by molar-refractivity contribution is 0.252. The molecular weight excluding hydrogens is 244 g/mol. The van der Waals surface area contributed by atoms with Crippen molar-refractivity contribution in [2.45, 2.75) is 39.3 Å². The van der Waals surface area contributed by atoms with Crippen LogP contribution in [0.3, 0.4) is 0 Å². The molecule has 0 spiro atoms. The molecule has 0 aliphatic heterocycles. The Labute approximate surface area is 121 Å². The van der Waals surface area contributed by atoms with E-state index in [1.165, 1.54) is 16.7 Å². The average molecular weight is 266 g/mol. The summed E-state index contributed by atoms with van der Waals surface area (Å²) in [4.78, 5) is 4.22. The number of benzene rings is 1. The minimum absolute atomic E-state index is 0.250. The van der Waals surface area contributed by atoms with E-state index in [2.05, 4.69) is 61.4 Å². The number of nitrogens with one attached hydrogen (secondary N) is 1. The molecule has 2 heteroatoms. The van der Waals surface area contributed by atoms with Crippen molar-refractivity contribution in [2.75, 3.05) is 0 Å². The largest absolute Gasteiger partial charge is 0.303 e. The van der Waals surface area contributed by atoms with E-state index in [0.717, 1.165) is 6.42 Å². The zero-order chi connectivity index (χ0) is 14.2. The van der Waals surface area contributed by atoms with Gasteiger partial charge >= 0.3 is 0 Å². The molecule has 0 bridgehead atoms. The summed E-state index contributed by atoms with van der Waals surface area (Å²) in [5, 5.41) is 3.80. The van der Waals surface area contributed by atoms with Crippen LogP contribution < -0.4 is 5.32 Å². The van der Waals surface area contributed by atoms with Gasteiger partial charge in [-0.2, -0.15) is 0 Å². The first-order valence-electron chi connectivity index (χ1n) is 7.32. The zero-order valence-corrected chi connectivity index (χ0v) is 12.4. The fourth-order valence-electron chi connectivity index (χ4n) is 3.28. The number of rotatable bonds is 3. The lowest BCUT2D eigenvalue weighted by Crippen LogP contribution is -2.33. The summed E-state index contributed by atoms with van der Waals surface area (Å²) in [6.07, 6.45) is 4.91. The Hall–Kier alpha value is -1.67. The molecule has 1 aliphatic carbocycles. The van der Waals surface area contributed by atoms with Gasteiger partial charge in [0, 0.05) is 24.5 Å². The van der Waals surface area contributed by atoms with E-state index in [1.807, 2.05) is 18.5 Å². The average Bonchev–Trinajstić information content (AvgIpc) is 2.70. The monoisotopic (exact) mass is 266 g/mol. The van der Waals surface area contributed by atoms with Gasteiger partial charge in [-0.1, -0.05) is 44.2 Å². The molecule has 1 aromatic heterocycles. The molecule has 104 valence electrons. The van der Waals surface area contributed by atoms with Gasteiger partial charge in [0.15, 0.2) is 0 Å². The van der Waals surface area contributed by atoms with Gasteiger partial charge in [0.05, 0.1) is 0 Å². The number of hydrogen-bond acceptors (Lipinski definition) is 2. The van der Waals surface area contributed by atoms with Crippen LogP contribution in [0, 0.1) is 5.41 Å². The van der Waals surface area contributed by atoms with E-state index in [-0.39, 0.29) is 5.41 Å². The van der Waals surface area contributed by atoms with E-state index < -0.39 is 0 Å². The lowest BCUT2D eigenvalue weighted by Gasteiger charge is -2.31. The van der Waals surface area contributed by atoms with Crippen LogP contribution >= 0.6 is 0 Å². The third-order valence-electron chi connectivity index (χ3n) is 4.39. The van der Waals surface area contributed by atoms with E-state index in [4.69, 9.17) is 0 Å². The van der Waals surface area contributed by atoms with Crippen LogP contribution in [0.1, 0.15) is 49.5 Å². The van der Waals surface area contributed by atoms with Gasteiger partial charge in [0.1, 0.15) is 0 Å². The van der Waals surface area contributed by atoms with Crippen LogP contribution in [0.15, 0.2) is 48.8 Å². The second-order valence-corrected chi connectivity index (χ2v) is 6.47. The maximum atomic E-state index is 4.22. The first-order chi connectivity index (χ1) is 9.58. The Morgan fingerprint density at radius 1 is 1.20 bits per heavy atom. The standard InChI is InChI=1S/C18H22N2/c1-13(15-8-6-10-19-12-15)20-17-16-9-5-4-7-14(16)11-18(17,2)3/h4-10,12-13,17,20H,11H2,1-3H3/t13-,17?/m0/s1. The number of fused-ring (bicyclic) bond motifs is 1. The van der Waals surface area contributed by atoms with Crippen molar-refractivity contribution in [3.63, 3.8) is 0 Å². The quantitative estimate of drug-likeness (QED) is 0.906. The summed E-state index contributed by atoms with van der Waals surface area (Å²) in [5.41, 5.74) is 4.43. The minimum Gasteiger partial charge on any atom is -0.303 e. The molecule has 0 amide bonds. The van der Waals surface area contributed by atoms with Gasteiger partial charge in [-0.05, 0) is 41.5 Å². The van der Waals surface area contributed by atoms with E-state index in [1.54, 1.807) is 0 Å². The normalized spacial score (nSPS) is 21.4. The summed E-state index contributed by atoms with van der Waals surface area (Å²) < 4.78 is 0. The highest BCUT2D eigenvalue weighted by molar-refractivity contribution is 5.37. The summed E-state index contributed by atoms with van der Waals surface area (Å²) in [7, 11) is 0. The molecule has 1 aromatic carbocycles. The molecule has 1 heterocycles. The van der Waals surface area contributed by atoms with Crippen LogP contribution in [-0.4, -0.2) is 4.98 Å². The van der Waals surface area contributed by atoms with Gasteiger partial charge in [0.2, 0.25) is 0 Å². The Morgan fingerprint density at radius 2 is 2.00 bits per heavy atom. The highest BCUT2D eigenvalue weighted by Gasteiger charge is 2.39. The SMILES string of the molecule is C[C@H](NC1c2ccccc2CC1(C)C)c1cccnc1. The van der Waals surface area contributed by atoms with Crippen molar-refractivity contribution >= 4 is 0 Å². The van der Waals surface area contributed by atoms with Crippen LogP contribution in [0.5, 0.6) is 0 Å². The van der Waals surface area contributed by atoms with Gasteiger partial charge in [-0.15, -0.1) is 0 Å². The molecule has 0 saturated heterocycles. The van der Waals surface area contributed by atoms with E-state index >= 15 is 0 Å². The molecule has 0 saturated carbocycles. The van der Waals surface area contributed by atoms with Gasteiger partial charge in [-0.3, -0.25) is 4.98 Å².